The Kier molecular flexibility index (Phi) is 5.26. The molecule has 1 aliphatic heterocycles. The third-order valence-corrected chi connectivity index (χ3v) is 3.93. The maximum absolute atomic E-state index is 5.81. The lowest BCUT2D eigenvalue weighted by Gasteiger charge is -2.29. The second-order valence-electron chi connectivity index (χ2n) is 5.62. The van der Waals surface area contributed by atoms with Gasteiger partial charge in [0.25, 0.3) is 0 Å². The van der Waals surface area contributed by atoms with Gasteiger partial charge in [0.05, 0.1) is 14.2 Å². The SMILES string of the molecule is COc1cc2c(cc1OC)CN(CCCC(C)N)CC2. The van der Waals surface area contributed by atoms with Crippen molar-refractivity contribution in [2.45, 2.75) is 38.8 Å². The number of hydrogen-bond acceptors (Lipinski definition) is 4. The molecule has 0 saturated heterocycles. The summed E-state index contributed by atoms with van der Waals surface area (Å²) in [5.74, 6) is 1.65. The summed E-state index contributed by atoms with van der Waals surface area (Å²) in [5.41, 5.74) is 8.54. The molecule has 1 aromatic rings. The van der Waals surface area contributed by atoms with E-state index in [-0.39, 0.29) is 0 Å². The quantitative estimate of drug-likeness (QED) is 0.866. The van der Waals surface area contributed by atoms with Gasteiger partial charge in [0.1, 0.15) is 0 Å². The average Bonchev–Trinajstić information content (AvgIpc) is 2.45. The smallest absolute Gasteiger partial charge is 0.161 e. The van der Waals surface area contributed by atoms with E-state index >= 15 is 0 Å². The van der Waals surface area contributed by atoms with Gasteiger partial charge in [0.2, 0.25) is 0 Å². The van der Waals surface area contributed by atoms with Crippen molar-refractivity contribution in [2.75, 3.05) is 27.3 Å². The van der Waals surface area contributed by atoms with Crippen molar-refractivity contribution in [3.8, 4) is 11.5 Å². The third kappa shape index (κ3) is 3.64. The van der Waals surface area contributed by atoms with Gasteiger partial charge in [-0.05, 0) is 56.0 Å². The summed E-state index contributed by atoms with van der Waals surface area (Å²) < 4.78 is 10.8. The fourth-order valence-corrected chi connectivity index (χ4v) is 2.77. The molecule has 0 spiro atoms. The number of benzene rings is 1. The molecular weight excluding hydrogens is 252 g/mol. The van der Waals surface area contributed by atoms with Crippen LogP contribution in [0.4, 0.5) is 0 Å². The van der Waals surface area contributed by atoms with Gasteiger partial charge >= 0.3 is 0 Å². The van der Waals surface area contributed by atoms with Crippen LogP contribution in [0.5, 0.6) is 11.5 Å². The van der Waals surface area contributed by atoms with Crippen molar-refractivity contribution >= 4 is 0 Å². The van der Waals surface area contributed by atoms with Gasteiger partial charge in [0.15, 0.2) is 11.5 Å². The molecule has 0 saturated carbocycles. The van der Waals surface area contributed by atoms with Gasteiger partial charge in [0, 0.05) is 19.1 Å². The van der Waals surface area contributed by atoms with Crippen molar-refractivity contribution in [3.05, 3.63) is 23.3 Å². The van der Waals surface area contributed by atoms with E-state index in [0.29, 0.717) is 6.04 Å². The fraction of sp³-hybridized carbons (Fsp3) is 0.625. The Labute approximate surface area is 121 Å². The van der Waals surface area contributed by atoms with Gasteiger partial charge < -0.3 is 15.2 Å². The predicted octanol–water partition coefficient (Wildman–Crippen LogP) is 2.19. The first kappa shape index (κ1) is 15.1. The largest absolute Gasteiger partial charge is 0.493 e. The predicted molar refractivity (Wildman–Crippen MR) is 81.4 cm³/mol. The van der Waals surface area contributed by atoms with Gasteiger partial charge in [-0.15, -0.1) is 0 Å². The molecule has 4 heteroatoms. The molecule has 0 aromatic heterocycles. The lowest BCUT2D eigenvalue weighted by Crippen LogP contribution is -2.32. The first-order valence-electron chi connectivity index (χ1n) is 7.35. The number of fused-ring (bicyclic) bond motifs is 1. The van der Waals surface area contributed by atoms with E-state index in [1.807, 2.05) is 0 Å². The number of nitrogens with two attached hydrogens (primary N) is 1. The normalized spacial score (nSPS) is 16.6. The second kappa shape index (κ2) is 6.95. The lowest BCUT2D eigenvalue weighted by atomic mass is 9.98. The highest BCUT2D eigenvalue weighted by Crippen LogP contribution is 2.33. The van der Waals surface area contributed by atoms with Crippen molar-refractivity contribution in [2.24, 2.45) is 5.73 Å². The van der Waals surface area contributed by atoms with Crippen LogP contribution in [0.1, 0.15) is 30.9 Å². The molecule has 1 heterocycles. The van der Waals surface area contributed by atoms with E-state index in [9.17, 15) is 0 Å². The molecule has 1 unspecified atom stereocenters. The highest BCUT2D eigenvalue weighted by Gasteiger charge is 2.19. The molecule has 1 aliphatic rings. The third-order valence-electron chi connectivity index (χ3n) is 3.93. The van der Waals surface area contributed by atoms with Crippen LogP contribution < -0.4 is 15.2 Å². The topological polar surface area (TPSA) is 47.7 Å². The van der Waals surface area contributed by atoms with Gasteiger partial charge in [-0.2, -0.15) is 0 Å². The monoisotopic (exact) mass is 278 g/mol. The van der Waals surface area contributed by atoms with Crippen molar-refractivity contribution in [1.82, 2.24) is 4.90 Å². The van der Waals surface area contributed by atoms with E-state index in [1.54, 1.807) is 14.2 Å². The van der Waals surface area contributed by atoms with Gasteiger partial charge in [-0.3, -0.25) is 4.90 Å². The summed E-state index contributed by atoms with van der Waals surface area (Å²) in [6, 6.07) is 4.54. The first-order valence-corrected chi connectivity index (χ1v) is 7.35. The fourth-order valence-electron chi connectivity index (χ4n) is 2.77. The second-order valence-corrected chi connectivity index (χ2v) is 5.62. The summed E-state index contributed by atoms with van der Waals surface area (Å²) in [5, 5.41) is 0. The molecule has 2 rings (SSSR count). The average molecular weight is 278 g/mol. The first-order chi connectivity index (χ1) is 9.63. The zero-order valence-electron chi connectivity index (χ0n) is 12.8. The van der Waals surface area contributed by atoms with Gasteiger partial charge in [-0.1, -0.05) is 0 Å². The highest BCUT2D eigenvalue weighted by atomic mass is 16.5. The lowest BCUT2D eigenvalue weighted by molar-refractivity contribution is 0.245. The van der Waals surface area contributed by atoms with Crippen molar-refractivity contribution in [3.63, 3.8) is 0 Å². The minimum absolute atomic E-state index is 0.302. The Bertz CT molecular complexity index is 446. The van der Waals surface area contributed by atoms with Crippen LogP contribution >= 0.6 is 0 Å². The summed E-state index contributed by atoms with van der Waals surface area (Å²) in [4.78, 5) is 2.50. The molecule has 4 nitrogen and oxygen atoms in total. The van der Waals surface area contributed by atoms with Crippen molar-refractivity contribution < 1.29 is 9.47 Å². The Morgan fingerprint density at radius 2 is 1.85 bits per heavy atom. The van der Waals surface area contributed by atoms with E-state index in [1.165, 1.54) is 17.5 Å². The van der Waals surface area contributed by atoms with Gasteiger partial charge in [-0.25, -0.2) is 0 Å². The molecular formula is C16H26N2O2. The Morgan fingerprint density at radius 3 is 2.45 bits per heavy atom. The molecule has 0 fully saturated rings. The van der Waals surface area contributed by atoms with Crippen LogP contribution in [0.3, 0.4) is 0 Å². The minimum Gasteiger partial charge on any atom is -0.493 e. The number of ether oxygens (including phenoxy) is 2. The summed E-state index contributed by atoms with van der Waals surface area (Å²) >= 11 is 0. The summed E-state index contributed by atoms with van der Waals surface area (Å²) in [6.45, 7) is 5.30. The summed E-state index contributed by atoms with van der Waals surface area (Å²) in [6.07, 6.45) is 3.34. The molecule has 112 valence electrons. The Balaban J connectivity index is 2.02. The maximum Gasteiger partial charge on any atom is 0.161 e. The minimum atomic E-state index is 0.302. The molecule has 20 heavy (non-hydrogen) atoms. The molecule has 0 radical (unpaired) electrons. The van der Waals surface area contributed by atoms with E-state index < -0.39 is 0 Å². The molecule has 1 aromatic carbocycles. The Morgan fingerprint density at radius 1 is 1.20 bits per heavy atom. The van der Waals surface area contributed by atoms with Crippen LogP contribution in [0, 0.1) is 0 Å². The zero-order chi connectivity index (χ0) is 14.5. The van der Waals surface area contributed by atoms with Crippen LogP contribution in [-0.4, -0.2) is 38.3 Å². The maximum atomic E-state index is 5.81. The standard InChI is InChI=1S/C16H26N2O2/c1-12(17)5-4-7-18-8-6-13-9-15(19-2)16(20-3)10-14(13)11-18/h9-10,12H,4-8,11,17H2,1-3H3. The number of rotatable bonds is 6. The molecule has 0 amide bonds. The number of nitrogens with zero attached hydrogens (tertiary/aromatic N) is 1. The van der Waals surface area contributed by atoms with E-state index in [2.05, 4.69) is 24.0 Å². The number of hydrogen-bond donors (Lipinski definition) is 1. The molecule has 0 aliphatic carbocycles. The van der Waals surface area contributed by atoms with Crippen molar-refractivity contribution in [1.29, 1.82) is 0 Å². The summed E-state index contributed by atoms with van der Waals surface area (Å²) in [7, 11) is 3.38. The molecule has 1 atom stereocenters. The zero-order valence-corrected chi connectivity index (χ0v) is 12.8. The van der Waals surface area contributed by atoms with E-state index in [0.717, 1.165) is 44.0 Å². The molecule has 2 N–H and O–H groups in total. The van der Waals surface area contributed by atoms with Crippen LogP contribution in [0.25, 0.3) is 0 Å². The Hall–Kier alpha value is -1.26. The molecule has 0 bridgehead atoms. The van der Waals surface area contributed by atoms with Crippen LogP contribution in [-0.2, 0) is 13.0 Å². The van der Waals surface area contributed by atoms with Crippen LogP contribution in [0.15, 0.2) is 12.1 Å². The number of methoxy groups -OCH3 is 2. The highest BCUT2D eigenvalue weighted by molar-refractivity contribution is 5.48. The van der Waals surface area contributed by atoms with E-state index in [4.69, 9.17) is 15.2 Å². The van der Waals surface area contributed by atoms with Crippen LogP contribution in [0.2, 0.25) is 0 Å².